The Balaban J connectivity index is 2.27. The first-order chi connectivity index (χ1) is 9.74. The van der Waals surface area contributed by atoms with Crippen LogP contribution in [-0.2, 0) is 33.2 Å². The Morgan fingerprint density at radius 2 is 1.95 bits per heavy atom. The number of primary sulfonamides is 1. The van der Waals surface area contributed by atoms with E-state index in [0.29, 0.717) is 31.5 Å². The van der Waals surface area contributed by atoms with Gasteiger partial charge in [0.15, 0.2) is 0 Å². The molecule has 1 aromatic rings. The molecule has 1 aliphatic heterocycles. The predicted molar refractivity (Wildman–Crippen MR) is 79.1 cm³/mol. The van der Waals surface area contributed by atoms with Crippen molar-refractivity contribution in [1.29, 1.82) is 0 Å². The molecule has 2 rings (SSSR count). The molecule has 21 heavy (non-hydrogen) atoms. The molecule has 0 saturated carbocycles. The van der Waals surface area contributed by atoms with E-state index in [0.717, 1.165) is 5.56 Å². The maximum absolute atomic E-state index is 12.1. The van der Waals surface area contributed by atoms with Crippen LogP contribution in [0.3, 0.4) is 0 Å². The van der Waals surface area contributed by atoms with Crippen LogP contribution >= 0.6 is 0 Å². The van der Waals surface area contributed by atoms with Crippen LogP contribution < -0.4 is 9.86 Å². The molecule has 0 amide bonds. The normalized spacial score (nSPS) is 16.7. The third-order valence-corrected chi connectivity index (χ3v) is 5.83. The molecule has 9 heteroatoms. The molecule has 0 radical (unpaired) electrons. The monoisotopic (exact) mass is 333 g/mol. The second kappa shape index (κ2) is 6.01. The molecule has 0 bridgehead atoms. The van der Waals surface area contributed by atoms with E-state index < -0.39 is 20.2 Å². The summed E-state index contributed by atoms with van der Waals surface area (Å²) in [4.78, 5) is 0.00187. The van der Waals surface area contributed by atoms with Crippen molar-refractivity contribution in [3.63, 3.8) is 0 Å². The number of fused-ring (bicyclic) bond motifs is 1. The minimum absolute atomic E-state index is 0.00187. The lowest BCUT2D eigenvalue weighted by Crippen LogP contribution is -2.43. The standard InChI is InChI=1S/C12H19N3O4S2/c1-2-6-14-21(18,19)15-7-5-10-3-4-12(20(13,16)17)8-11(10)9-15/h3-4,8,14H,2,5-7,9H2,1H3,(H2,13,16,17). The van der Waals surface area contributed by atoms with E-state index in [2.05, 4.69) is 4.72 Å². The first-order valence-electron chi connectivity index (χ1n) is 6.63. The van der Waals surface area contributed by atoms with Gasteiger partial charge in [-0.2, -0.15) is 12.7 Å². The van der Waals surface area contributed by atoms with Crippen LogP contribution in [0.5, 0.6) is 0 Å². The van der Waals surface area contributed by atoms with Crippen LogP contribution in [0, 0.1) is 0 Å². The highest BCUT2D eigenvalue weighted by atomic mass is 32.2. The average molecular weight is 333 g/mol. The smallest absolute Gasteiger partial charge is 0.225 e. The van der Waals surface area contributed by atoms with Gasteiger partial charge in [-0.15, -0.1) is 0 Å². The number of hydrogen-bond donors (Lipinski definition) is 2. The van der Waals surface area contributed by atoms with Crippen LogP contribution in [0.2, 0.25) is 0 Å². The highest BCUT2D eigenvalue weighted by molar-refractivity contribution is 7.89. The second-order valence-electron chi connectivity index (χ2n) is 4.96. The average Bonchev–Trinajstić information content (AvgIpc) is 2.43. The van der Waals surface area contributed by atoms with Crippen molar-refractivity contribution in [3.8, 4) is 0 Å². The summed E-state index contributed by atoms with van der Waals surface area (Å²) in [6, 6.07) is 4.60. The van der Waals surface area contributed by atoms with Crippen LogP contribution in [-0.4, -0.2) is 34.2 Å². The zero-order valence-electron chi connectivity index (χ0n) is 11.7. The summed E-state index contributed by atoms with van der Waals surface area (Å²) in [6.07, 6.45) is 1.26. The lowest BCUT2D eigenvalue weighted by Gasteiger charge is -2.28. The maximum atomic E-state index is 12.1. The first-order valence-corrected chi connectivity index (χ1v) is 9.62. The molecule has 0 atom stereocenters. The predicted octanol–water partition coefficient (Wildman–Crippen LogP) is -0.0635. The molecule has 7 nitrogen and oxygen atoms in total. The zero-order valence-corrected chi connectivity index (χ0v) is 13.4. The quantitative estimate of drug-likeness (QED) is 0.786. The fourth-order valence-electron chi connectivity index (χ4n) is 2.21. The molecule has 0 aromatic heterocycles. The van der Waals surface area contributed by atoms with Crippen LogP contribution in [0.15, 0.2) is 23.1 Å². The largest absolute Gasteiger partial charge is 0.279 e. The number of sulfonamides is 1. The highest BCUT2D eigenvalue weighted by Gasteiger charge is 2.26. The van der Waals surface area contributed by atoms with Gasteiger partial charge in [0.05, 0.1) is 4.90 Å². The van der Waals surface area contributed by atoms with Crippen molar-refractivity contribution in [2.45, 2.75) is 31.2 Å². The van der Waals surface area contributed by atoms with Crippen molar-refractivity contribution < 1.29 is 16.8 Å². The van der Waals surface area contributed by atoms with E-state index in [9.17, 15) is 16.8 Å². The fraction of sp³-hybridized carbons (Fsp3) is 0.500. The van der Waals surface area contributed by atoms with Gasteiger partial charge in [-0.1, -0.05) is 13.0 Å². The van der Waals surface area contributed by atoms with Crippen LogP contribution in [0.25, 0.3) is 0 Å². The molecule has 3 N–H and O–H groups in total. The molecule has 1 heterocycles. The Morgan fingerprint density at radius 1 is 1.24 bits per heavy atom. The topological polar surface area (TPSA) is 110 Å². The van der Waals surface area contributed by atoms with Crippen molar-refractivity contribution in [3.05, 3.63) is 29.3 Å². The van der Waals surface area contributed by atoms with Gasteiger partial charge < -0.3 is 0 Å². The molecule has 0 saturated heterocycles. The Labute approximate surface area is 125 Å². The number of nitrogens with one attached hydrogen (secondary N) is 1. The Hall–Kier alpha value is -1.00. The molecular weight excluding hydrogens is 314 g/mol. The van der Waals surface area contributed by atoms with Gasteiger partial charge in [0.2, 0.25) is 10.0 Å². The van der Waals surface area contributed by atoms with E-state index in [-0.39, 0.29) is 11.4 Å². The summed E-state index contributed by atoms with van der Waals surface area (Å²) in [5, 5.41) is 5.10. The summed E-state index contributed by atoms with van der Waals surface area (Å²) in [6.45, 7) is 2.79. The fourth-order valence-corrected chi connectivity index (χ4v) is 4.06. The zero-order chi connectivity index (χ0) is 15.7. The SMILES string of the molecule is CCCNS(=O)(=O)N1CCc2ccc(S(N)(=O)=O)cc2C1. The van der Waals surface area contributed by atoms with Gasteiger partial charge in [-0.3, -0.25) is 0 Å². The van der Waals surface area contributed by atoms with E-state index in [1.54, 1.807) is 6.07 Å². The Bertz CT molecular complexity index is 729. The van der Waals surface area contributed by atoms with Crippen molar-refractivity contribution in [2.24, 2.45) is 5.14 Å². The minimum atomic E-state index is -3.79. The third kappa shape index (κ3) is 3.80. The second-order valence-corrected chi connectivity index (χ2v) is 8.28. The highest BCUT2D eigenvalue weighted by Crippen LogP contribution is 2.23. The van der Waals surface area contributed by atoms with Gasteiger partial charge in [-0.25, -0.2) is 18.3 Å². The van der Waals surface area contributed by atoms with Gasteiger partial charge in [0.1, 0.15) is 0 Å². The van der Waals surface area contributed by atoms with Crippen LogP contribution in [0.4, 0.5) is 0 Å². The Morgan fingerprint density at radius 3 is 2.57 bits per heavy atom. The maximum Gasteiger partial charge on any atom is 0.279 e. The number of rotatable bonds is 5. The van der Waals surface area contributed by atoms with E-state index in [4.69, 9.17) is 5.14 Å². The minimum Gasteiger partial charge on any atom is -0.225 e. The molecule has 1 aromatic carbocycles. The summed E-state index contributed by atoms with van der Waals surface area (Å²) >= 11 is 0. The van der Waals surface area contributed by atoms with Gasteiger partial charge in [0, 0.05) is 19.6 Å². The lowest BCUT2D eigenvalue weighted by atomic mass is 10.0. The summed E-state index contributed by atoms with van der Waals surface area (Å²) in [7, 11) is -7.32. The Kier molecular flexibility index (Phi) is 4.69. The van der Waals surface area contributed by atoms with E-state index in [1.165, 1.54) is 16.4 Å². The molecule has 0 fully saturated rings. The van der Waals surface area contributed by atoms with Gasteiger partial charge >= 0.3 is 0 Å². The van der Waals surface area contributed by atoms with Crippen LogP contribution in [0.1, 0.15) is 24.5 Å². The number of benzene rings is 1. The molecular formula is C12H19N3O4S2. The summed E-state index contributed by atoms with van der Waals surface area (Å²) in [5.74, 6) is 0. The lowest BCUT2D eigenvalue weighted by molar-refractivity contribution is 0.383. The molecule has 0 aliphatic carbocycles. The number of nitrogens with two attached hydrogens (primary N) is 1. The molecule has 0 spiro atoms. The van der Waals surface area contributed by atoms with Crippen molar-refractivity contribution >= 4 is 20.2 Å². The molecule has 1 aliphatic rings. The third-order valence-electron chi connectivity index (χ3n) is 3.36. The summed E-state index contributed by atoms with van der Waals surface area (Å²) in [5.41, 5.74) is 1.62. The van der Waals surface area contributed by atoms with Crippen molar-refractivity contribution in [2.75, 3.05) is 13.1 Å². The van der Waals surface area contributed by atoms with Gasteiger partial charge in [0.25, 0.3) is 10.2 Å². The van der Waals surface area contributed by atoms with E-state index in [1.807, 2.05) is 6.92 Å². The summed E-state index contributed by atoms with van der Waals surface area (Å²) < 4.78 is 50.8. The molecule has 118 valence electrons. The van der Waals surface area contributed by atoms with Gasteiger partial charge in [-0.05, 0) is 36.1 Å². The first kappa shape index (κ1) is 16.4. The molecule has 0 unspecified atom stereocenters. The number of hydrogen-bond acceptors (Lipinski definition) is 4. The van der Waals surface area contributed by atoms with Crippen molar-refractivity contribution in [1.82, 2.24) is 9.03 Å². The number of nitrogens with zero attached hydrogens (tertiary/aromatic N) is 1. The van der Waals surface area contributed by atoms with E-state index >= 15 is 0 Å².